The summed E-state index contributed by atoms with van der Waals surface area (Å²) in [5, 5.41) is 3.78. The van der Waals surface area contributed by atoms with Crippen LogP contribution in [0.4, 0.5) is 0 Å². The van der Waals surface area contributed by atoms with Gasteiger partial charge in [-0.3, -0.25) is 4.79 Å². The number of halogens is 1. The molecule has 0 aromatic heterocycles. The van der Waals surface area contributed by atoms with Gasteiger partial charge >= 0.3 is 0 Å². The number of aryl methyl sites for hydroxylation is 1. The molecular weight excluding hydrogens is 350 g/mol. The monoisotopic (exact) mass is 373 g/mol. The van der Waals surface area contributed by atoms with Gasteiger partial charge in [-0.1, -0.05) is 29.8 Å². The van der Waals surface area contributed by atoms with Gasteiger partial charge in [0.05, 0.1) is 6.04 Å². The molecule has 4 nitrogen and oxygen atoms in total. The first-order chi connectivity index (χ1) is 12.2. The number of ether oxygens (including phenoxy) is 2. The molecule has 0 spiro atoms. The van der Waals surface area contributed by atoms with Gasteiger partial charge in [0, 0.05) is 17.0 Å². The van der Waals surface area contributed by atoms with Crippen LogP contribution in [0.3, 0.4) is 0 Å². The molecular formula is C21H24ClNO3. The Kier molecular flexibility index (Phi) is 5.15. The van der Waals surface area contributed by atoms with Crippen LogP contribution in [0.25, 0.3) is 0 Å². The molecule has 0 fully saturated rings. The number of benzene rings is 2. The number of para-hydroxylation sites is 1. The summed E-state index contributed by atoms with van der Waals surface area (Å²) >= 11 is 6.04. The average Bonchev–Trinajstić information content (AvgIpc) is 2.57. The fourth-order valence-corrected chi connectivity index (χ4v) is 3.29. The van der Waals surface area contributed by atoms with Crippen molar-refractivity contribution < 1.29 is 14.3 Å². The lowest BCUT2D eigenvalue weighted by atomic mass is 9.89. The summed E-state index contributed by atoms with van der Waals surface area (Å²) in [5.41, 5.74) is 1.57. The summed E-state index contributed by atoms with van der Waals surface area (Å²) in [6.07, 6.45) is 0.0800. The van der Waals surface area contributed by atoms with E-state index < -0.39 is 6.10 Å². The highest BCUT2D eigenvalue weighted by atomic mass is 35.5. The minimum atomic E-state index is -0.617. The summed E-state index contributed by atoms with van der Waals surface area (Å²) in [7, 11) is 0. The predicted molar refractivity (Wildman–Crippen MR) is 103 cm³/mol. The molecule has 2 atom stereocenters. The lowest BCUT2D eigenvalue weighted by molar-refractivity contribution is -0.128. The van der Waals surface area contributed by atoms with Crippen molar-refractivity contribution in [2.24, 2.45) is 0 Å². The molecule has 0 saturated carbocycles. The SMILES string of the molecule is Cc1cc(O[C@@H](C)C(=O)N[C@H]2CC(C)(C)Oc3ccccc32)ccc1Cl. The molecule has 0 aliphatic carbocycles. The first-order valence-corrected chi connectivity index (χ1v) is 9.14. The maximum absolute atomic E-state index is 12.7. The highest BCUT2D eigenvalue weighted by molar-refractivity contribution is 6.31. The number of carbonyl (C=O) groups is 1. The van der Waals surface area contributed by atoms with Crippen LogP contribution in [0.15, 0.2) is 42.5 Å². The normalized spacial score (nSPS) is 19.0. The summed E-state index contributed by atoms with van der Waals surface area (Å²) < 4.78 is 11.8. The molecule has 0 unspecified atom stereocenters. The molecule has 138 valence electrons. The maximum atomic E-state index is 12.7. The van der Waals surface area contributed by atoms with Gasteiger partial charge < -0.3 is 14.8 Å². The van der Waals surface area contributed by atoms with E-state index in [0.29, 0.717) is 17.2 Å². The second-order valence-corrected chi connectivity index (χ2v) is 7.74. The van der Waals surface area contributed by atoms with Gasteiger partial charge in [-0.05, 0) is 57.5 Å². The molecule has 1 aliphatic heterocycles. The number of amides is 1. The van der Waals surface area contributed by atoms with E-state index in [9.17, 15) is 4.79 Å². The molecule has 26 heavy (non-hydrogen) atoms. The summed E-state index contributed by atoms with van der Waals surface area (Å²) in [4.78, 5) is 12.7. The Morgan fingerprint density at radius 3 is 2.77 bits per heavy atom. The van der Waals surface area contributed by atoms with Crippen molar-refractivity contribution in [3.05, 3.63) is 58.6 Å². The van der Waals surface area contributed by atoms with E-state index in [1.54, 1.807) is 19.1 Å². The van der Waals surface area contributed by atoms with Crippen LogP contribution in [0.5, 0.6) is 11.5 Å². The summed E-state index contributed by atoms with van der Waals surface area (Å²) in [6, 6.07) is 13.1. The lowest BCUT2D eigenvalue weighted by Gasteiger charge is -2.38. The van der Waals surface area contributed by atoms with Crippen LogP contribution >= 0.6 is 11.6 Å². The number of hydrogen-bond acceptors (Lipinski definition) is 3. The fourth-order valence-electron chi connectivity index (χ4n) is 3.17. The van der Waals surface area contributed by atoms with Crippen LogP contribution in [-0.4, -0.2) is 17.6 Å². The predicted octanol–water partition coefficient (Wildman–Crippen LogP) is 4.83. The highest BCUT2D eigenvalue weighted by Crippen LogP contribution is 2.39. The van der Waals surface area contributed by atoms with E-state index in [-0.39, 0.29) is 17.6 Å². The van der Waals surface area contributed by atoms with E-state index in [4.69, 9.17) is 21.1 Å². The minimum Gasteiger partial charge on any atom is -0.487 e. The van der Waals surface area contributed by atoms with Crippen molar-refractivity contribution in [3.8, 4) is 11.5 Å². The number of nitrogens with one attached hydrogen (secondary N) is 1. The third-order valence-corrected chi connectivity index (χ3v) is 4.93. The van der Waals surface area contributed by atoms with E-state index in [2.05, 4.69) is 5.32 Å². The van der Waals surface area contributed by atoms with Crippen molar-refractivity contribution in [1.29, 1.82) is 0 Å². The first kappa shape index (κ1) is 18.6. The van der Waals surface area contributed by atoms with Gasteiger partial charge in [0.2, 0.25) is 0 Å². The Morgan fingerprint density at radius 2 is 2.04 bits per heavy atom. The number of carbonyl (C=O) groups excluding carboxylic acids is 1. The van der Waals surface area contributed by atoms with Gasteiger partial charge in [-0.2, -0.15) is 0 Å². The summed E-state index contributed by atoms with van der Waals surface area (Å²) in [5.74, 6) is 1.29. The molecule has 0 saturated heterocycles. The Labute approximate surface area is 159 Å². The average molecular weight is 374 g/mol. The Bertz CT molecular complexity index is 819. The molecule has 0 bridgehead atoms. The molecule has 1 aliphatic rings. The van der Waals surface area contributed by atoms with E-state index in [1.807, 2.05) is 51.1 Å². The zero-order valence-corrected chi connectivity index (χ0v) is 16.3. The standard InChI is InChI=1S/C21H24ClNO3/c1-13-11-15(9-10-17(13)22)25-14(2)20(24)23-18-12-21(3,4)26-19-8-6-5-7-16(18)19/h5-11,14,18H,12H2,1-4H3,(H,23,24)/t14-,18-/m0/s1. The van der Waals surface area contributed by atoms with Crippen LogP contribution in [0.1, 0.15) is 44.4 Å². The molecule has 1 N–H and O–H groups in total. The zero-order valence-electron chi connectivity index (χ0n) is 15.5. The maximum Gasteiger partial charge on any atom is 0.261 e. The van der Waals surface area contributed by atoms with Crippen molar-refractivity contribution in [2.75, 3.05) is 0 Å². The third kappa shape index (κ3) is 4.13. The van der Waals surface area contributed by atoms with Crippen molar-refractivity contribution >= 4 is 17.5 Å². The fraction of sp³-hybridized carbons (Fsp3) is 0.381. The topological polar surface area (TPSA) is 47.6 Å². The van der Waals surface area contributed by atoms with Crippen LogP contribution in [-0.2, 0) is 4.79 Å². The molecule has 2 aromatic rings. The molecule has 1 heterocycles. The number of fused-ring (bicyclic) bond motifs is 1. The van der Waals surface area contributed by atoms with Gasteiger partial charge in [0.25, 0.3) is 5.91 Å². The lowest BCUT2D eigenvalue weighted by Crippen LogP contribution is -2.44. The van der Waals surface area contributed by atoms with Crippen LogP contribution in [0, 0.1) is 6.92 Å². The number of hydrogen-bond donors (Lipinski definition) is 1. The van der Waals surface area contributed by atoms with E-state index >= 15 is 0 Å². The first-order valence-electron chi connectivity index (χ1n) is 8.76. The molecule has 1 amide bonds. The van der Waals surface area contributed by atoms with E-state index in [0.717, 1.165) is 16.9 Å². The van der Waals surface area contributed by atoms with Crippen molar-refractivity contribution in [2.45, 2.75) is 51.9 Å². The third-order valence-electron chi connectivity index (χ3n) is 4.50. The Morgan fingerprint density at radius 1 is 1.31 bits per heavy atom. The molecule has 3 rings (SSSR count). The van der Waals surface area contributed by atoms with Gasteiger partial charge in [0.1, 0.15) is 17.1 Å². The second kappa shape index (κ2) is 7.20. The molecule has 5 heteroatoms. The van der Waals surface area contributed by atoms with Crippen LogP contribution in [0.2, 0.25) is 5.02 Å². The summed E-state index contributed by atoms with van der Waals surface area (Å²) in [6.45, 7) is 7.70. The largest absolute Gasteiger partial charge is 0.487 e. The van der Waals surface area contributed by atoms with Gasteiger partial charge in [-0.25, -0.2) is 0 Å². The Hall–Kier alpha value is -2.20. The highest BCUT2D eigenvalue weighted by Gasteiger charge is 2.35. The minimum absolute atomic E-state index is 0.111. The van der Waals surface area contributed by atoms with E-state index in [1.165, 1.54) is 0 Å². The molecule has 2 aromatic carbocycles. The molecule has 0 radical (unpaired) electrons. The van der Waals surface area contributed by atoms with Crippen molar-refractivity contribution in [3.63, 3.8) is 0 Å². The smallest absolute Gasteiger partial charge is 0.261 e. The van der Waals surface area contributed by atoms with Crippen LogP contribution < -0.4 is 14.8 Å². The quantitative estimate of drug-likeness (QED) is 0.834. The van der Waals surface area contributed by atoms with Gasteiger partial charge in [0.15, 0.2) is 6.10 Å². The second-order valence-electron chi connectivity index (χ2n) is 7.34. The number of rotatable bonds is 4. The Balaban J connectivity index is 1.71. The van der Waals surface area contributed by atoms with Gasteiger partial charge in [-0.15, -0.1) is 0 Å². The zero-order chi connectivity index (χ0) is 18.9. The van der Waals surface area contributed by atoms with Crippen molar-refractivity contribution in [1.82, 2.24) is 5.32 Å².